The first-order valence-electron chi connectivity index (χ1n) is 34.6. The molecule has 0 bridgehead atoms. The Bertz CT molecular complexity index is 3480. The smallest absolute Gasteiger partial charge is 0.361 e. The number of nitrogens with one attached hydrogen (secondary N) is 3. The number of aliphatic carboxylic acids is 2. The highest BCUT2D eigenvalue weighted by atomic mass is 35.5. The zero-order chi connectivity index (χ0) is 71.4. The number of amides is 2. The maximum Gasteiger partial charge on any atom is 0.361 e. The Balaban J connectivity index is 0.000000301. The molecule has 20 nitrogen and oxygen atoms in total. The molecule has 0 saturated carbocycles. The maximum absolute atomic E-state index is 13.0. The minimum Gasteiger partial charge on any atom is -1.00 e. The number of ether oxygens (including phenoxy) is 2. The molecular weight excluding hydrogens is 1290 g/mol. The second-order valence-electron chi connectivity index (χ2n) is 27.4. The van der Waals surface area contributed by atoms with Gasteiger partial charge in [-0.25, -0.2) is 4.79 Å². The van der Waals surface area contributed by atoms with Crippen molar-refractivity contribution in [3.05, 3.63) is 197 Å². The Morgan fingerprint density at radius 1 is 0.540 bits per heavy atom. The van der Waals surface area contributed by atoms with Crippen molar-refractivity contribution in [2.75, 3.05) is 91.8 Å². The lowest BCUT2D eigenvalue weighted by atomic mass is 9.68. The quantitative estimate of drug-likeness (QED) is 0.0399. The van der Waals surface area contributed by atoms with E-state index in [1.54, 1.807) is 32.0 Å². The molecule has 9 rings (SSSR count). The van der Waals surface area contributed by atoms with E-state index >= 15 is 0 Å². The van der Waals surface area contributed by atoms with E-state index in [0.717, 1.165) is 91.9 Å². The average Bonchev–Trinajstić information content (AvgIpc) is 0.797. The predicted octanol–water partition coefficient (Wildman–Crippen LogP) is 1.40. The molecule has 3 saturated heterocycles. The summed E-state index contributed by atoms with van der Waals surface area (Å²) in [7, 11) is 0. The molecule has 546 valence electrons. The van der Waals surface area contributed by atoms with Crippen LogP contribution in [0.1, 0.15) is 108 Å². The fraction of sp³-hybridized carbons (Fsp3) is 0.468. The van der Waals surface area contributed by atoms with Gasteiger partial charge in [0, 0.05) is 43.9 Å². The Hall–Kier alpha value is -8.37. The second kappa shape index (κ2) is 41.4. The fourth-order valence-electron chi connectivity index (χ4n) is 13.9. The Labute approximate surface area is 597 Å². The van der Waals surface area contributed by atoms with Crippen LogP contribution in [0.15, 0.2) is 164 Å². The van der Waals surface area contributed by atoms with Crippen LogP contribution in [0.3, 0.4) is 0 Å². The Morgan fingerprint density at radius 2 is 0.910 bits per heavy atom. The Morgan fingerprint density at radius 3 is 1.24 bits per heavy atom. The zero-order valence-electron chi connectivity index (χ0n) is 59.6. The number of esters is 2. The molecule has 6 aromatic carbocycles. The van der Waals surface area contributed by atoms with Gasteiger partial charge in [-0.2, -0.15) is 0 Å². The summed E-state index contributed by atoms with van der Waals surface area (Å²) in [5.74, 6) is -2.43. The lowest BCUT2D eigenvalue weighted by Gasteiger charge is -2.45. The fourth-order valence-corrected chi connectivity index (χ4v) is 13.9. The molecule has 0 spiro atoms. The van der Waals surface area contributed by atoms with Crippen molar-refractivity contribution in [3.63, 3.8) is 0 Å². The van der Waals surface area contributed by atoms with Crippen LogP contribution >= 0.6 is 0 Å². The van der Waals surface area contributed by atoms with Crippen LogP contribution < -0.4 is 43.9 Å². The number of hydrogen-bond acceptors (Lipinski definition) is 15. The minimum absolute atomic E-state index is 0. The Kier molecular flexibility index (Phi) is 34.8. The number of halogens is 1. The average molecular weight is 1400 g/mol. The van der Waals surface area contributed by atoms with Crippen molar-refractivity contribution in [2.24, 2.45) is 35.5 Å². The molecule has 100 heavy (non-hydrogen) atoms. The first-order chi connectivity index (χ1) is 46.8. The van der Waals surface area contributed by atoms with Crippen molar-refractivity contribution >= 4 is 35.7 Å². The number of likely N-dealkylation sites (tertiary alicyclic amines) is 3. The molecule has 3 fully saturated rings. The number of carboxylic acids is 2. The standard InChI is InChI=1S/C27H36N2O4.C25H32N2O4.C23H29NO3.C4H9NO2.ClH.H2O/c1-4-33-25(31)17-28-26(32)22(15-21-9-6-5-7-10-21)19-29-14-13-27(3,20(2)18-29)23-11-8-12-24(30)16-23;1-18-16-27(12-11-25(18,2)21-9-6-10-22(28)14-21)17-20(24(31)26-15-23(29)30)13-19-7-4-3-5-8-19;1-17-15-24(12-11-23(17,2)20-9-6-10-21(25)14-20)16-19(22(26)27)13-18-7-4-3-5-8-18;1-2-7-4(6)3-5;;/h5-12,16,20,22,30H,4,13-15,17-19H2,1-3H3,(H,28,32);3-10,14,18,20,28H,11-13,15-17H2,1-2H3,(H,26,31)(H,29,30);3-10,14,17,19,25H,11-13,15-16H2,1-2H3,(H,26,27);2-3,5H2,1H3;1H;1H2/p-1/t20-,22-,27+;18-,20-,25+;17-,19-,23+;;;/m000.../s1. The predicted molar refractivity (Wildman–Crippen MR) is 378 cm³/mol. The number of carboxylic acid groups (broad SMARTS) is 2. The zero-order valence-corrected chi connectivity index (χ0v) is 60.4. The van der Waals surface area contributed by atoms with Gasteiger partial charge in [-0.3, -0.25) is 14.4 Å². The lowest BCUT2D eigenvalue weighted by molar-refractivity contribution is -0.913. The molecule has 0 aliphatic carbocycles. The van der Waals surface area contributed by atoms with Gasteiger partial charge < -0.3 is 93.5 Å². The highest BCUT2D eigenvalue weighted by Gasteiger charge is 2.43. The number of hydrogen-bond donors (Lipinski definition) is 7. The van der Waals surface area contributed by atoms with E-state index in [-0.39, 0.29) is 82.6 Å². The van der Waals surface area contributed by atoms with E-state index in [2.05, 4.69) is 90.6 Å². The highest BCUT2D eigenvalue weighted by Crippen LogP contribution is 2.42. The van der Waals surface area contributed by atoms with Gasteiger partial charge in [0.1, 0.15) is 23.8 Å². The van der Waals surface area contributed by atoms with Crippen LogP contribution in [-0.4, -0.2) is 158 Å². The van der Waals surface area contributed by atoms with Gasteiger partial charge in [0.25, 0.3) is 0 Å². The number of aromatic hydroxyl groups is 3. The topological polar surface area (TPSA) is 322 Å². The summed E-state index contributed by atoms with van der Waals surface area (Å²) >= 11 is 0. The molecule has 21 heteroatoms. The first-order valence-corrected chi connectivity index (χ1v) is 34.6. The van der Waals surface area contributed by atoms with Gasteiger partial charge in [0.15, 0.2) is 6.54 Å². The van der Waals surface area contributed by atoms with E-state index in [1.807, 2.05) is 127 Å². The number of nitrogens with zero attached hydrogens (tertiary/aromatic N) is 2. The van der Waals surface area contributed by atoms with Gasteiger partial charge in [-0.15, -0.1) is 0 Å². The number of phenolic OH excluding ortho intramolecular Hbond substituents is 3. The summed E-state index contributed by atoms with van der Waals surface area (Å²) in [5.41, 5.74) is 9.88. The largest absolute Gasteiger partial charge is 1.00 e. The summed E-state index contributed by atoms with van der Waals surface area (Å²) < 4.78 is 9.44. The number of rotatable bonds is 25. The highest BCUT2D eigenvalue weighted by molar-refractivity contribution is 5.84. The summed E-state index contributed by atoms with van der Waals surface area (Å²) in [5, 5.41) is 57.4. The number of quaternary nitrogens is 2. The van der Waals surface area contributed by atoms with Crippen molar-refractivity contribution in [2.45, 2.75) is 110 Å². The molecule has 3 aliphatic heterocycles. The lowest BCUT2D eigenvalue weighted by Crippen LogP contribution is -3.15. The summed E-state index contributed by atoms with van der Waals surface area (Å²) in [4.78, 5) is 76.1. The van der Waals surface area contributed by atoms with E-state index in [1.165, 1.54) is 4.90 Å². The second-order valence-corrected chi connectivity index (χ2v) is 27.4. The summed E-state index contributed by atoms with van der Waals surface area (Å²) in [6, 6.07) is 52.1. The van der Waals surface area contributed by atoms with Crippen LogP contribution in [0, 0.1) is 35.5 Å². The molecule has 6 aromatic rings. The third-order valence-corrected chi connectivity index (χ3v) is 20.5. The van der Waals surface area contributed by atoms with Gasteiger partial charge in [-0.1, -0.05) is 169 Å². The van der Waals surface area contributed by atoms with Crippen LogP contribution in [0.4, 0.5) is 0 Å². The summed E-state index contributed by atoms with van der Waals surface area (Å²) in [6.45, 7) is 24.4. The van der Waals surface area contributed by atoms with Crippen LogP contribution in [0.2, 0.25) is 0 Å². The molecule has 1 unspecified atom stereocenters. The van der Waals surface area contributed by atoms with Crippen molar-refractivity contribution in [1.82, 2.24) is 20.4 Å². The third kappa shape index (κ3) is 25.7. The first kappa shape index (κ1) is 84.0. The van der Waals surface area contributed by atoms with Gasteiger partial charge in [0.05, 0.1) is 69.1 Å². The van der Waals surface area contributed by atoms with Gasteiger partial charge in [-0.05, 0) is 151 Å². The van der Waals surface area contributed by atoms with E-state index in [4.69, 9.17) is 4.74 Å². The molecule has 2 amide bonds. The summed E-state index contributed by atoms with van der Waals surface area (Å²) in [6.07, 6.45) is 4.51. The molecule has 3 aliphatic rings. The monoisotopic (exact) mass is 1400 g/mol. The number of carbonyl (C=O) groups excluding carboxylic acids is 6. The number of phenols is 3. The van der Waals surface area contributed by atoms with Crippen molar-refractivity contribution in [3.8, 4) is 17.2 Å². The van der Waals surface area contributed by atoms with Crippen LogP contribution in [-0.2, 0) is 73.7 Å². The molecular formula is C79H108ClN6O14-. The van der Waals surface area contributed by atoms with Crippen molar-refractivity contribution < 1.29 is 92.3 Å². The van der Waals surface area contributed by atoms with E-state index < -0.39 is 30.4 Å². The minimum atomic E-state index is -1.29. The maximum atomic E-state index is 13.0. The van der Waals surface area contributed by atoms with Crippen molar-refractivity contribution in [1.29, 1.82) is 0 Å². The molecule has 0 radical (unpaired) electrons. The normalized spacial score (nSPS) is 21.9. The number of benzene rings is 6. The van der Waals surface area contributed by atoms with Crippen LogP contribution in [0.25, 0.3) is 0 Å². The molecule has 11 N–H and O–H groups in total. The molecule has 0 aromatic heterocycles. The van der Waals surface area contributed by atoms with Crippen LogP contribution in [0.5, 0.6) is 17.2 Å². The van der Waals surface area contributed by atoms with E-state index in [9.17, 15) is 54.3 Å². The SMILES string of the molecule is CCOC(=O)CNC(=O)[C@@H](Cc1ccccc1)CN1CC[C@@](C)(c2cccc(O)c2)[C@@H](C)C1.CCOC(=O)C[NH3+].C[C@H]1CN(C[C@H](Cc2ccccc2)C(=O)NCC(=O)[O-])CC[C@@]1(C)c1cccc(O)c1.C[C@H]1C[NH+](C[C@H](Cc2ccccc2)C(=O)[O-])CC[C@@]1(C)c1cccc(O)c1.O.[Cl-]. The van der Waals surface area contributed by atoms with Gasteiger partial charge >= 0.3 is 11.9 Å². The molecule has 10 atom stereocenters. The third-order valence-electron chi connectivity index (χ3n) is 20.5. The number of piperidine rings is 3. The van der Waals surface area contributed by atoms with E-state index in [0.29, 0.717) is 81.4 Å². The molecule has 3 heterocycles. The van der Waals surface area contributed by atoms with Gasteiger partial charge in [0.2, 0.25) is 11.8 Å². The number of carbonyl (C=O) groups is 6.